The van der Waals surface area contributed by atoms with Gasteiger partial charge in [-0.2, -0.15) is 10.1 Å². The number of likely N-dealkylation sites (tertiary alicyclic amines) is 1. The number of anilines is 1. The molecule has 1 aliphatic heterocycles. The summed E-state index contributed by atoms with van der Waals surface area (Å²) in [6.45, 7) is 4.91. The highest BCUT2D eigenvalue weighted by molar-refractivity contribution is 5.28. The number of nitrogens with zero attached hydrogens (tertiary/aromatic N) is 5. The molecule has 0 atom stereocenters. The third kappa shape index (κ3) is 8.26. The molecule has 0 amide bonds. The van der Waals surface area contributed by atoms with E-state index in [0.29, 0.717) is 30.7 Å². The van der Waals surface area contributed by atoms with E-state index in [2.05, 4.69) is 49.1 Å². The van der Waals surface area contributed by atoms with Crippen LogP contribution in [0, 0.1) is 10.1 Å². The smallest absolute Gasteiger partial charge is 0.274 e. The minimum absolute atomic E-state index is 0.271. The SMILES string of the molecule is CNC(=C[N+](=O)[O-])NCc1nc(NCCCOc2cccc(CN3CCCCC3)c2)n(C)n1. The van der Waals surface area contributed by atoms with Gasteiger partial charge in [0.15, 0.2) is 11.6 Å². The summed E-state index contributed by atoms with van der Waals surface area (Å²) in [6.07, 6.45) is 5.61. The van der Waals surface area contributed by atoms with Gasteiger partial charge in [-0.1, -0.05) is 18.6 Å². The fourth-order valence-corrected chi connectivity index (χ4v) is 3.72. The second-order valence-electron chi connectivity index (χ2n) is 8.02. The average Bonchev–Trinajstić information content (AvgIpc) is 3.16. The maximum Gasteiger partial charge on any atom is 0.274 e. The first kappa shape index (κ1) is 24.3. The Bertz CT molecular complexity index is 924. The molecule has 1 aromatic carbocycles. The summed E-state index contributed by atoms with van der Waals surface area (Å²) in [5.74, 6) is 2.37. The molecule has 3 N–H and O–H groups in total. The van der Waals surface area contributed by atoms with E-state index >= 15 is 0 Å². The van der Waals surface area contributed by atoms with Crippen molar-refractivity contribution >= 4 is 5.95 Å². The van der Waals surface area contributed by atoms with Crippen LogP contribution in [-0.4, -0.2) is 57.9 Å². The molecule has 1 aromatic heterocycles. The van der Waals surface area contributed by atoms with Crippen LogP contribution in [0.5, 0.6) is 5.75 Å². The highest BCUT2D eigenvalue weighted by Crippen LogP contribution is 2.17. The van der Waals surface area contributed by atoms with Gasteiger partial charge in [0, 0.05) is 27.2 Å². The first-order chi connectivity index (χ1) is 16.0. The van der Waals surface area contributed by atoms with Gasteiger partial charge in [0.1, 0.15) is 5.75 Å². The van der Waals surface area contributed by atoms with Gasteiger partial charge in [-0.15, -0.1) is 0 Å². The summed E-state index contributed by atoms with van der Waals surface area (Å²) in [6, 6.07) is 8.36. The van der Waals surface area contributed by atoms with Crippen LogP contribution in [-0.2, 0) is 20.1 Å². The molecule has 11 heteroatoms. The predicted octanol–water partition coefficient (Wildman–Crippen LogP) is 2.07. The Kier molecular flexibility index (Phi) is 9.31. The molecule has 0 bridgehead atoms. The Morgan fingerprint density at radius 2 is 2.12 bits per heavy atom. The number of nitrogens with one attached hydrogen (secondary N) is 3. The third-order valence-electron chi connectivity index (χ3n) is 5.37. The van der Waals surface area contributed by atoms with Crippen LogP contribution >= 0.6 is 0 Å². The maximum atomic E-state index is 10.6. The number of hydrogen-bond donors (Lipinski definition) is 3. The van der Waals surface area contributed by atoms with Gasteiger partial charge in [0.2, 0.25) is 5.95 Å². The van der Waals surface area contributed by atoms with Crippen LogP contribution in [0.2, 0.25) is 0 Å². The van der Waals surface area contributed by atoms with Gasteiger partial charge >= 0.3 is 0 Å². The van der Waals surface area contributed by atoms with E-state index in [0.717, 1.165) is 24.9 Å². The summed E-state index contributed by atoms with van der Waals surface area (Å²) < 4.78 is 7.59. The van der Waals surface area contributed by atoms with E-state index in [9.17, 15) is 10.1 Å². The molecule has 33 heavy (non-hydrogen) atoms. The summed E-state index contributed by atoms with van der Waals surface area (Å²) in [5.41, 5.74) is 1.29. The summed E-state index contributed by atoms with van der Waals surface area (Å²) in [4.78, 5) is 17.0. The molecule has 1 fully saturated rings. The molecule has 1 saturated heterocycles. The fourth-order valence-electron chi connectivity index (χ4n) is 3.72. The van der Waals surface area contributed by atoms with Crippen molar-refractivity contribution in [2.45, 2.75) is 38.8 Å². The van der Waals surface area contributed by atoms with E-state index < -0.39 is 4.92 Å². The molecule has 1 aliphatic rings. The van der Waals surface area contributed by atoms with E-state index in [4.69, 9.17) is 4.74 Å². The number of aryl methyl sites for hydroxylation is 1. The van der Waals surface area contributed by atoms with Gasteiger partial charge in [-0.3, -0.25) is 15.0 Å². The van der Waals surface area contributed by atoms with Crippen LogP contribution in [0.25, 0.3) is 0 Å². The zero-order chi connectivity index (χ0) is 23.5. The molecular weight excluding hydrogens is 424 g/mol. The van der Waals surface area contributed by atoms with Crippen LogP contribution in [0.4, 0.5) is 5.95 Å². The van der Waals surface area contributed by atoms with E-state index in [1.54, 1.807) is 18.8 Å². The average molecular weight is 459 g/mol. The Labute approximate surface area is 194 Å². The Balaban J connectivity index is 1.38. The molecule has 0 spiro atoms. The van der Waals surface area contributed by atoms with Gasteiger partial charge in [-0.25, -0.2) is 4.68 Å². The number of hydrogen-bond acceptors (Lipinski definition) is 9. The summed E-state index contributed by atoms with van der Waals surface area (Å²) in [5, 5.41) is 23.8. The molecule has 0 radical (unpaired) electrons. The van der Waals surface area contributed by atoms with Crippen molar-refractivity contribution in [3.05, 3.63) is 57.8 Å². The lowest BCUT2D eigenvalue weighted by Gasteiger charge is -2.26. The number of benzene rings is 1. The summed E-state index contributed by atoms with van der Waals surface area (Å²) >= 11 is 0. The van der Waals surface area contributed by atoms with Crippen molar-refractivity contribution in [2.75, 3.05) is 38.6 Å². The molecule has 11 nitrogen and oxygen atoms in total. The monoisotopic (exact) mass is 458 g/mol. The van der Waals surface area contributed by atoms with E-state index in [1.807, 2.05) is 6.07 Å². The number of rotatable bonds is 13. The first-order valence-electron chi connectivity index (χ1n) is 11.4. The van der Waals surface area contributed by atoms with Crippen LogP contribution in [0.1, 0.15) is 37.1 Å². The fraction of sp³-hybridized carbons (Fsp3) is 0.545. The Hall–Kier alpha value is -3.34. The molecule has 0 unspecified atom stereocenters. The number of ether oxygens (including phenoxy) is 1. The topological polar surface area (TPSA) is 122 Å². The highest BCUT2D eigenvalue weighted by atomic mass is 16.6. The second-order valence-corrected chi connectivity index (χ2v) is 8.02. The van der Waals surface area contributed by atoms with Crippen LogP contribution in [0.15, 0.2) is 36.3 Å². The first-order valence-corrected chi connectivity index (χ1v) is 11.4. The minimum atomic E-state index is -0.523. The number of aromatic nitrogens is 3. The normalized spacial score (nSPS) is 14.7. The molecule has 3 rings (SSSR count). The highest BCUT2D eigenvalue weighted by Gasteiger charge is 2.11. The number of piperidine rings is 1. The van der Waals surface area contributed by atoms with Gasteiger partial charge in [-0.05, 0) is 50.0 Å². The Morgan fingerprint density at radius 3 is 2.88 bits per heavy atom. The Morgan fingerprint density at radius 1 is 1.30 bits per heavy atom. The third-order valence-corrected chi connectivity index (χ3v) is 5.37. The van der Waals surface area contributed by atoms with Crippen molar-refractivity contribution in [3.8, 4) is 5.75 Å². The van der Waals surface area contributed by atoms with Gasteiger partial charge < -0.3 is 20.7 Å². The molecule has 0 saturated carbocycles. The summed E-state index contributed by atoms with van der Waals surface area (Å²) in [7, 11) is 3.41. The van der Waals surface area contributed by atoms with Crippen LogP contribution in [0.3, 0.4) is 0 Å². The molecule has 2 heterocycles. The van der Waals surface area contributed by atoms with Gasteiger partial charge in [0.25, 0.3) is 6.20 Å². The van der Waals surface area contributed by atoms with Crippen molar-refractivity contribution in [3.63, 3.8) is 0 Å². The second kappa shape index (κ2) is 12.6. The molecule has 180 valence electrons. The largest absolute Gasteiger partial charge is 0.494 e. The molecular formula is C22H34N8O3. The zero-order valence-corrected chi connectivity index (χ0v) is 19.4. The lowest BCUT2D eigenvalue weighted by molar-refractivity contribution is -0.404. The number of nitro groups is 1. The maximum absolute atomic E-state index is 10.6. The van der Waals surface area contributed by atoms with Crippen molar-refractivity contribution in [1.29, 1.82) is 0 Å². The standard InChI is InChI=1S/C22H34N8O3/c1-23-21(17-30(31)32)25-15-20-26-22(28(2)27-20)24-10-7-13-33-19-9-6-8-18(14-19)16-29-11-4-3-5-12-29/h6,8-9,14,17,23,25H,3-5,7,10-13,15-16H2,1-2H3,(H,24,26,27). The zero-order valence-electron chi connectivity index (χ0n) is 19.4. The van der Waals surface area contributed by atoms with Gasteiger partial charge in [0.05, 0.1) is 18.1 Å². The van der Waals surface area contributed by atoms with E-state index in [1.165, 1.54) is 37.9 Å². The molecule has 2 aromatic rings. The lowest BCUT2D eigenvalue weighted by atomic mass is 10.1. The van der Waals surface area contributed by atoms with E-state index in [-0.39, 0.29) is 6.54 Å². The van der Waals surface area contributed by atoms with Crippen molar-refractivity contribution in [2.24, 2.45) is 7.05 Å². The lowest BCUT2D eigenvalue weighted by Crippen LogP contribution is -2.29. The van der Waals surface area contributed by atoms with Crippen molar-refractivity contribution in [1.82, 2.24) is 30.3 Å². The quantitative estimate of drug-likeness (QED) is 0.235. The van der Waals surface area contributed by atoms with Crippen LogP contribution < -0.4 is 20.7 Å². The van der Waals surface area contributed by atoms with Crippen molar-refractivity contribution < 1.29 is 9.66 Å². The predicted molar refractivity (Wildman–Crippen MR) is 126 cm³/mol. The minimum Gasteiger partial charge on any atom is -0.494 e. The molecule has 0 aliphatic carbocycles.